The van der Waals surface area contributed by atoms with Crippen LogP contribution in [-0.4, -0.2) is 52.1 Å². The molecule has 0 atom stereocenters. The first-order valence-corrected chi connectivity index (χ1v) is 7.15. The van der Waals surface area contributed by atoms with Crippen molar-refractivity contribution in [2.45, 2.75) is 45.6 Å². The van der Waals surface area contributed by atoms with Gasteiger partial charge in [0.2, 0.25) is 0 Å². The quantitative estimate of drug-likeness (QED) is 0.806. The first kappa shape index (κ1) is 16.5. The van der Waals surface area contributed by atoms with E-state index < -0.39 is 5.97 Å². The zero-order valence-electron chi connectivity index (χ0n) is 12.8. The van der Waals surface area contributed by atoms with Gasteiger partial charge in [-0.25, -0.2) is 4.79 Å². The second-order valence-corrected chi connectivity index (χ2v) is 6.38. The van der Waals surface area contributed by atoms with E-state index in [2.05, 4.69) is 6.58 Å². The molecule has 0 unspecified atom stereocenters. The van der Waals surface area contributed by atoms with Gasteiger partial charge >= 0.3 is 12.0 Å². The minimum absolute atomic E-state index is 0.0196. The summed E-state index contributed by atoms with van der Waals surface area (Å²) >= 11 is 0. The number of carbonyl (C=O) groups is 2. The summed E-state index contributed by atoms with van der Waals surface area (Å²) in [6.45, 7) is 11.5. The highest BCUT2D eigenvalue weighted by Crippen LogP contribution is 2.23. The maximum atomic E-state index is 12.6. The topological polar surface area (TPSA) is 60.9 Å². The molecule has 0 aliphatic carbocycles. The lowest BCUT2D eigenvalue weighted by Gasteiger charge is -2.41. The normalized spacial score (nSPS) is 16.9. The number of carboxylic acid groups (broad SMARTS) is 1. The molecule has 0 aromatic heterocycles. The Balaban J connectivity index is 2.60. The minimum atomic E-state index is -0.752. The second kappa shape index (κ2) is 6.77. The van der Waals surface area contributed by atoms with E-state index in [9.17, 15) is 9.59 Å². The van der Waals surface area contributed by atoms with Gasteiger partial charge in [-0.05, 0) is 39.5 Å². The first-order chi connectivity index (χ1) is 9.25. The summed E-state index contributed by atoms with van der Waals surface area (Å²) in [5, 5.41) is 8.81. The van der Waals surface area contributed by atoms with Gasteiger partial charge in [-0.3, -0.25) is 4.79 Å². The van der Waals surface area contributed by atoms with E-state index in [1.54, 1.807) is 11.0 Å². The van der Waals surface area contributed by atoms with Crippen LogP contribution in [0.4, 0.5) is 4.79 Å². The van der Waals surface area contributed by atoms with Crippen molar-refractivity contribution in [3.8, 4) is 0 Å². The number of likely N-dealkylation sites (tertiary alicyclic amines) is 1. The number of rotatable bonds is 4. The summed E-state index contributed by atoms with van der Waals surface area (Å²) in [6, 6.07) is 0.0196. The van der Waals surface area contributed by atoms with E-state index in [0.717, 1.165) is 12.8 Å². The van der Waals surface area contributed by atoms with E-state index >= 15 is 0 Å². The third kappa shape index (κ3) is 4.54. The number of piperidine rings is 1. The molecule has 1 aliphatic heterocycles. The van der Waals surface area contributed by atoms with Crippen molar-refractivity contribution in [2.75, 3.05) is 19.6 Å². The Morgan fingerprint density at radius 2 is 1.90 bits per heavy atom. The molecule has 1 aliphatic rings. The highest BCUT2D eigenvalue weighted by Gasteiger charge is 2.31. The molecule has 0 saturated carbocycles. The number of aliphatic carboxylic acids is 1. The average molecular weight is 282 g/mol. The highest BCUT2D eigenvalue weighted by molar-refractivity contribution is 5.75. The molecule has 5 heteroatoms. The number of carboxylic acids is 1. The molecule has 1 heterocycles. The molecule has 1 rings (SSSR count). The summed E-state index contributed by atoms with van der Waals surface area (Å²) in [5.74, 6) is -0.559. The molecular weight excluding hydrogens is 256 g/mol. The number of carbonyl (C=O) groups excluding carboxylic acids is 1. The van der Waals surface area contributed by atoms with Gasteiger partial charge in [-0.15, -0.1) is 6.58 Å². The van der Waals surface area contributed by atoms with Crippen LogP contribution in [0.25, 0.3) is 0 Å². The lowest BCUT2D eigenvalue weighted by Crippen LogP contribution is -2.53. The second-order valence-electron chi connectivity index (χ2n) is 6.38. The molecule has 20 heavy (non-hydrogen) atoms. The summed E-state index contributed by atoms with van der Waals surface area (Å²) < 4.78 is 0. The molecule has 0 bridgehead atoms. The highest BCUT2D eigenvalue weighted by atomic mass is 16.4. The third-order valence-electron chi connectivity index (χ3n) is 3.70. The van der Waals surface area contributed by atoms with Gasteiger partial charge in [0.25, 0.3) is 0 Å². The van der Waals surface area contributed by atoms with E-state index in [-0.39, 0.29) is 23.9 Å². The predicted octanol–water partition coefficient (Wildman–Crippen LogP) is 2.58. The Bertz CT molecular complexity index is 366. The number of hydrogen-bond donors (Lipinski definition) is 1. The van der Waals surface area contributed by atoms with Gasteiger partial charge in [-0.2, -0.15) is 0 Å². The molecule has 0 aromatic rings. The predicted molar refractivity (Wildman–Crippen MR) is 78.6 cm³/mol. The zero-order valence-corrected chi connectivity index (χ0v) is 12.8. The Kier molecular flexibility index (Phi) is 5.60. The maximum Gasteiger partial charge on any atom is 0.320 e. The SMILES string of the molecule is C=CCN(C(=O)N1CCC(CC(=O)O)CC1)C(C)(C)C. The first-order valence-electron chi connectivity index (χ1n) is 7.15. The zero-order chi connectivity index (χ0) is 15.3. The Morgan fingerprint density at radius 3 is 2.30 bits per heavy atom. The van der Waals surface area contributed by atoms with Crippen LogP contribution in [0.3, 0.4) is 0 Å². The van der Waals surface area contributed by atoms with Crippen LogP contribution < -0.4 is 0 Å². The number of amides is 2. The molecule has 0 spiro atoms. The molecule has 1 N–H and O–H groups in total. The van der Waals surface area contributed by atoms with E-state index in [0.29, 0.717) is 19.6 Å². The van der Waals surface area contributed by atoms with E-state index in [4.69, 9.17) is 5.11 Å². The average Bonchev–Trinajstić information content (AvgIpc) is 2.34. The maximum absolute atomic E-state index is 12.6. The van der Waals surface area contributed by atoms with Crippen LogP contribution in [-0.2, 0) is 4.79 Å². The van der Waals surface area contributed by atoms with Gasteiger partial charge in [0.1, 0.15) is 0 Å². The van der Waals surface area contributed by atoms with Crippen LogP contribution in [0.5, 0.6) is 0 Å². The Morgan fingerprint density at radius 1 is 1.35 bits per heavy atom. The largest absolute Gasteiger partial charge is 0.481 e. The van der Waals surface area contributed by atoms with Gasteiger partial charge in [0, 0.05) is 31.6 Å². The fourth-order valence-corrected chi connectivity index (χ4v) is 2.51. The van der Waals surface area contributed by atoms with Crippen LogP contribution in [0, 0.1) is 5.92 Å². The van der Waals surface area contributed by atoms with Crippen molar-refractivity contribution in [2.24, 2.45) is 5.92 Å². The molecule has 2 amide bonds. The number of nitrogens with zero attached hydrogens (tertiary/aromatic N) is 2. The number of urea groups is 1. The molecular formula is C15H26N2O3. The molecule has 1 fully saturated rings. The van der Waals surface area contributed by atoms with Crippen molar-refractivity contribution < 1.29 is 14.7 Å². The van der Waals surface area contributed by atoms with Crippen LogP contribution >= 0.6 is 0 Å². The van der Waals surface area contributed by atoms with Gasteiger partial charge < -0.3 is 14.9 Å². The molecule has 0 aromatic carbocycles. The van der Waals surface area contributed by atoms with Crippen molar-refractivity contribution in [1.82, 2.24) is 9.80 Å². The monoisotopic (exact) mass is 282 g/mol. The van der Waals surface area contributed by atoms with Crippen molar-refractivity contribution >= 4 is 12.0 Å². The van der Waals surface area contributed by atoms with Crippen molar-refractivity contribution in [1.29, 1.82) is 0 Å². The van der Waals surface area contributed by atoms with Gasteiger partial charge in [0.05, 0.1) is 0 Å². The lowest BCUT2D eigenvalue weighted by molar-refractivity contribution is -0.138. The van der Waals surface area contributed by atoms with Gasteiger partial charge in [-0.1, -0.05) is 6.08 Å². The summed E-state index contributed by atoms with van der Waals surface area (Å²) in [7, 11) is 0. The van der Waals surface area contributed by atoms with Crippen molar-refractivity contribution in [3.05, 3.63) is 12.7 Å². The third-order valence-corrected chi connectivity index (χ3v) is 3.70. The van der Waals surface area contributed by atoms with E-state index in [1.165, 1.54) is 0 Å². The standard InChI is InChI=1S/C15H26N2O3/c1-5-8-17(15(2,3)4)14(20)16-9-6-12(7-10-16)11-13(18)19/h5,12H,1,6-11H2,2-4H3,(H,18,19). The van der Waals surface area contributed by atoms with Gasteiger partial charge in [0.15, 0.2) is 0 Å². The van der Waals surface area contributed by atoms with E-state index in [1.807, 2.05) is 25.7 Å². The molecule has 114 valence electrons. The molecule has 5 nitrogen and oxygen atoms in total. The number of hydrogen-bond acceptors (Lipinski definition) is 2. The van der Waals surface area contributed by atoms with Crippen LogP contribution in [0.2, 0.25) is 0 Å². The Hall–Kier alpha value is -1.52. The van der Waals surface area contributed by atoms with Crippen LogP contribution in [0.15, 0.2) is 12.7 Å². The van der Waals surface area contributed by atoms with Crippen LogP contribution in [0.1, 0.15) is 40.0 Å². The molecule has 1 saturated heterocycles. The fourth-order valence-electron chi connectivity index (χ4n) is 2.51. The summed E-state index contributed by atoms with van der Waals surface area (Å²) in [6.07, 6.45) is 3.48. The fraction of sp³-hybridized carbons (Fsp3) is 0.733. The molecule has 0 radical (unpaired) electrons. The summed E-state index contributed by atoms with van der Waals surface area (Å²) in [5.41, 5.74) is -0.247. The Labute approximate surface area is 121 Å². The lowest BCUT2D eigenvalue weighted by atomic mass is 9.93. The van der Waals surface area contributed by atoms with Crippen molar-refractivity contribution in [3.63, 3.8) is 0 Å². The smallest absolute Gasteiger partial charge is 0.320 e. The minimum Gasteiger partial charge on any atom is -0.481 e. The summed E-state index contributed by atoms with van der Waals surface area (Å²) in [4.78, 5) is 26.9.